The van der Waals surface area contributed by atoms with Crippen LogP contribution in [0.4, 0.5) is 24.5 Å². The van der Waals surface area contributed by atoms with Crippen LogP contribution in [0.2, 0.25) is 0 Å². The number of amides is 2. The fourth-order valence-electron chi connectivity index (χ4n) is 2.38. The second-order valence-electron chi connectivity index (χ2n) is 6.00. The summed E-state index contributed by atoms with van der Waals surface area (Å²) in [4.78, 5) is 25.2. The van der Waals surface area contributed by atoms with E-state index in [1.807, 2.05) is 26.0 Å². The third-order valence-electron chi connectivity index (χ3n) is 3.98. The van der Waals surface area contributed by atoms with Crippen LogP contribution in [-0.2, 0) is 15.8 Å². The zero-order chi connectivity index (χ0) is 19.5. The maximum absolute atomic E-state index is 12.6. The molecular weight excluding hydrogens is 345 g/mol. The van der Waals surface area contributed by atoms with E-state index in [0.29, 0.717) is 5.69 Å². The minimum atomic E-state index is -4.46. The molecule has 1 N–H and O–H groups in total. The Morgan fingerprint density at radius 3 is 2.12 bits per heavy atom. The SMILES string of the molecule is CC(=O)N(CC(=O)Nc1ccc(C)c(C)c1)c1ccc(C(F)(F)F)cc1. The quantitative estimate of drug-likeness (QED) is 0.879. The molecule has 0 bridgehead atoms. The molecule has 0 aliphatic carbocycles. The first kappa shape index (κ1) is 19.5. The fourth-order valence-corrected chi connectivity index (χ4v) is 2.38. The van der Waals surface area contributed by atoms with E-state index in [9.17, 15) is 22.8 Å². The van der Waals surface area contributed by atoms with Crippen molar-refractivity contribution < 1.29 is 22.8 Å². The van der Waals surface area contributed by atoms with Gasteiger partial charge in [-0.25, -0.2) is 0 Å². The number of nitrogens with zero attached hydrogens (tertiary/aromatic N) is 1. The summed E-state index contributed by atoms with van der Waals surface area (Å²) in [6.07, 6.45) is -4.46. The number of hydrogen-bond donors (Lipinski definition) is 1. The fraction of sp³-hybridized carbons (Fsp3) is 0.263. The normalized spacial score (nSPS) is 11.2. The highest BCUT2D eigenvalue weighted by Gasteiger charge is 2.30. The summed E-state index contributed by atoms with van der Waals surface area (Å²) in [5, 5.41) is 2.69. The van der Waals surface area contributed by atoms with Crippen LogP contribution in [0.15, 0.2) is 42.5 Å². The second kappa shape index (κ2) is 7.59. The van der Waals surface area contributed by atoms with Gasteiger partial charge in [0.1, 0.15) is 6.54 Å². The van der Waals surface area contributed by atoms with Crippen molar-refractivity contribution >= 4 is 23.2 Å². The van der Waals surface area contributed by atoms with E-state index >= 15 is 0 Å². The Labute approximate surface area is 149 Å². The van der Waals surface area contributed by atoms with Gasteiger partial charge in [0.2, 0.25) is 11.8 Å². The van der Waals surface area contributed by atoms with Gasteiger partial charge in [0.05, 0.1) is 5.56 Å². The number of nitrogens with one attached hydrogen (secondary N) is 1. The average Bonchev–Trinajstić information content (AvgIpc) is 2.55. The van der Waals surface area contributed by atoms with Crippen molar-refractivity contribution in [3.05, 3.63) is 59.2 Å². The first-order chi connectivity index (χ1) is 12.1. The van der Waals surface area contributed by atoms with Gasteiger partial charge in [-0.05, 0) is 61.4 Å². The lowest BCUT2D eigenvalue weighted by Gasteiger charge is -2.21. The zero-order valence-electron chi connectivity index (χ0n) is 14.6. The molecule has 26 heavy (non-hydrogen) atoms. The van der Waals surface area contributed by atoms with Crippen LogP contribution in [0.25, 0.3) is 0 Å². The van der Waals surface area contributed by atoms with Gasteiger partial charge in [0.15, 0.2) is 0 Å². The van der Waals surface area contributed by atoms with E-state index in [0.717, 1.165) is 28.2 Å². The lowest BCUT2D eigenvalue weighted by molar-refractivity contribution is -0.137. The molecule has 2 amide bonds. The van der Waals surface area contributed by atoms with Gasteiger partial charge in [-0.15, -0.1) is 0 Å². The summed E-state index contributed by atoms with van der Waals surface area (Å²) in [7, 11) is 0. The van der Waals surface area contributed by atoms with Gasteiger partial charge < -0.3 is 10.2 Å². The maximum Gasteiger partial charge on any atom is 0.416 e. The van der Waals surface area contributed by atoms with Gasteiger partial charge in [-0.2, -0.15) is 13.2 Å². The van der Waals surface area contributed by atoms with E-state index in [1.165, 1.54) is 19.1 Å². The minimum Gasteiger partial charge on any atom is -0.325 e. The van der Waals surface area contributed by atoms with Crippen LogP contribution >= 0.6 is 0 Å². The van der Waals surface area contributed by atoms with Gasteiger partial charge >= 0.3 is 6.18 Å². The Balaban J connectivity index is 2.13. The molecule has 2 aromatic carbocycles. The Hall–Kier alpha value is -2.83. The molecule has 0 unspecified atom stereocenters. The van der Waals surface area contributed by atoms with E-state index in [2.05, 4.69) is 5.32 Å². The van der Waals surface area contributed by atoms with Crippen LogP contribution in [0.5, 0.6) is 0 Å². The zero-order valence-corrected chi connectivity index (χ0v) is 14.6. The number of benzene rings is 2. The number of hydrogen-bond acceptors (Lipinski definition) is 2. The van der Waals surface area contributed by atoms with E-state index in [4.69, 9.17) is 0 Å². The monoisotopic (exact) mass is 364 g/mol. The molecule has 0 aliphatic rings. The van der Waals surface area contributed by atoms with Crippen molar-refractivity contribution in [2.45, 2.75) is 26.9 Å². The molecule has 0 radical (unpaired) electrons. The van der Waals surface area contributed by atoms with E-state index in [-0.39, 0.29) is 12.2 Å². The van der Waals surface area contributed by atoms with Crippen LogP contribution in [-0.4, -0.2) is 18.4 Å². The first-order valence-corrected chi connectivity index (χ1v) is 7.90. The number of rotatable bonds is 4. The van der Waals surface area contributed by atoms with Crippen molar-refractivity contribution in [3.63, 3.8) is 0 Å². The van der Waals surface area contributed by atoms with E-state index in [1.54, 1.807) is 6.07 Å². The van der Waals surface area contributed by atoms with Crippen molar-refractivity contribution in [3.8, 4) is 0 Å². The Morgan fingerprint density at radius 2 is 1.62 bits per heavy atom. The molecular formula is C19H19F3N2O2. The Morgan fingerprint density at radius 1 is 1.00 bits per heavy atom. The lowest BCUT2D eigenvalue weighted by Crippen LogP contribution is -2.36. The highest BCUT2D eigenvalue weighted by atomic mass is 19.4. The number of aryl methyl sites for hydroxylation is 2. The number of carbonyl (C=O) groups is 2. The molecule has 0 saturated carbocycles. The molecule has 7 heteroatoms. The van der Waals surface area contributed by atoms with Crippen LogP contribution in [0.3, 0.4) is 0 Å². The summed E-state index contributed by atoms with van der Waals surface area (Å²) < 4.78 is 37.9. The van der Waals surface area contributed by atoms with Crippen LogP contribution < -0.4 is 10.2 Å². The molecule has 2 aromatic rings. The highest BCUT2D eigenvalue weighted by Crippen LogP contribution is 2.30. The topological polar surface area (TPSA) is 49.4 Å². The van der Waals surface area contributed by atoms with Crippen molar-refractivity contribution in [2.24, 2.45) is 0 Å². The second-order valence-corrected chi connectivity index (χ2v) is 6.00. The van der Waals surface area contributed by atoms with Gasteiger partial charge in [0, 0.05) is 18.3 Å². The molecule has 0 heterocycles. The number of anilines is 2. The predicted molar refractivity (Wildman–Crippen MR) is 94.0 cm³/mol. The molecule has 2 rings (SSSR count). The third kappa shape index (κ3) is 4.84. The largest absolute Gasteiger partial charge is 0.416 e. The molecule has 0 aliphatic heterocycles. The average molecular weight is 364 g/mol. The summed E-state index contributed by atoms with van der Waals surface area (Å²) in [6, 6.07) is 9.53. The van der Waals surface area contributed by atoms with Gasteiger partial charge in [-0.3, -0.25) is 9.59 Å². The predicted octanol–water partition coefficient (Wildman–Crippen LogP) is 4.31. The maximum atomic E-state index is 12.6. The summed E-state index contributed by atoms with van der Waals surface area (Å²) in [5.74, 6) is -0.886. The number of halogens is 3. The van der Waals surface area contributed by atoms with E-state index < -0.39 is 23.6 Å². The van der Waals surface area contributed by atoms with Crippen molar-refractivity contribution in [2.75, 3.05) is 16.8 Å². The standard InChI is InChI=1S/C19H19F3N2O2/c1-12-4-7-16(10-13(12)2)23-18(26)11-24(14(3)25)17-8-5-15(6-9-17)19(20,21)22/h4-10H,11H2,1-3H3,(H,23,26). The molecule has 4 nitrogen and oxygen atoms in total. The molecule has 138 valence electrons. The first-order valence-electron chi connectivity index (χ1n) is 7.90. The highest BCUT2D eigenvalue weighted by molar-refractivity contribution is 6.01. The smallest absolute Gasteiger partial charge is 0.325 e. The molecule has 0 spiro atoms. The lowest BCUT2D eigenvalue weighted by atomic mass is 10.1. The van der Waals surface area contributed by atoms with Crippen molar-refractivity contribution in [1.82, 2.24) is 0 Å². The van der Waals surface area contributed by atoms with Gasteiger partial charge in [0.25, 0.3) is 0 Å². The molecule has 0 aromatic heterocycles. The van der Waals surface area contributed by atoms with Crippen LogP contribution in [0, 0.1) is 13.8 Å². The minimum absolute atomic E-state index is 0.223. The van der Waals surface area contributed by atoms with Crippen LogP contribution in [0.1, 0.15) is 23.6 Å². The van der Waals surface area contributed by atoms with Gasteiger partial charge in [-0.1, -0.05) is 6.07 Å². The number of alkyl halides is 3. The Kier molecular flexibility index (Phi) is 5.69. The number of carbonyl (C=O) groups excluding carboxylic acids is 2. The molecule has 0 fully saturated rings. The van der Waals surface area contributed by atoms with Crippen molar-refractivity contribution in [1.29, 1.82) is 0 Å². The summed E-state index contributed by atoms with van der Waals surface area (Å²) >= 11 is 0. The third-order valence-corrected chi connectivity index (χ3v) is 3.98. The Bertz CT molecular complexity index is 815. The molecule has 0 saturated heterocycles. The molecule has 0 atom stereocenters. The summed E-state index contributed by atoms with van der Waals surface area (Å²) in [6.45, 7) is 4.81. The summed E-state index contributed by atoms with van der Waals surface area (Å²) in [5.41, 5.74) is 2.09.